The van der Waals surface area contributed by atoms with Gasteiger partial charge in [0.15, 0.2) is 0 Å². The topological polar surface area (TPSA) is 40.5 Å². The zero-order valence-corrected chi connectivity index (χ0v) is 8.33. The predicted octanol–water partition coefficient (Wildman–Crippen LogP) is 2.71. The van der Waals surface area contributed by atoms with Gasteiger partial charge in [-0.3, -0.25) is 0 Å². The van der Waals surface area contributed by atoms with E-state index in [4.69, 9.17) is 5.11 Å². The lowest BCUT2D eigenvalue weighted by molar-refractivity contribution is 0.111. The van der Waals surface area contributed by atoms with Gasteiger partial charge < -0.3 is 10.0 Å². The molecule has 1 saturated carbocycles. The molecule has 0 atom stereocenters. The molecule has 1 aliphatic rings. The Bertz CT molecular complexity index is 164. The van der Waals surface area contributed by atoms with Crippen LogP contribution in [0.4, 0.5) is 4.79 Å². The fourth-order valence-electron chi connectivity index (χ4n) is 2.07. The van der Waals surface area contributed by atoms with Gasteiger partial charge in [-0.15, -0.1) is 0 Å². The number of rotatable bonds is 3. The van der Waals surface area contributed by atoms with Gasteiger partial charge >= 0.3 is 6.09 Å². The number of carboxylic acid groups (broad SMARTS) is 1. The second-order valence-corrected chi connectivity index (χ2v) is 3.77. The Morgan fingerprint density at radius 3 is 2.46 bits per heavy atom. The second kappa shape index (κ2) is 5.10. The molecule has 0 heterocycles. The lowest BCUT2D eigenvalue weighted by Gasteiger charge is -2.31. The van der Waals surface area contributed by atoms with Crippen LogP contribution in [0.5, 0.6) is 0 Å². The van der Waals surface area contributed by atoms with Crippen molar-refractivity contribution in [1.82, 2.24) is 4.90 Å². The third kappa shape index (κ3) is 2.90. The molecule has 1 fully saturated rings. The number of hydrogen-bond donors (Lipinski definition) is 1. The second-order valence-electron chi connectivity index (χ2n) is 3.77. The molecule has 1 rings (SSSR count). The Kier molecular flexibility index (Phi) is 4.06. The highest BCUT2D eigenvalue weighted by Crippen LogP contribution is 2.22. The number of carbonyl (C=O) groups is 1. The van der Waals surface area contributed by atoms with E-state index in [1.807, 2.05) is 6.92 Å². The largest absolute Gasteiger partial charge is 0.465 e. The van der Waals surface area contributed by atoms with Crippen molar-refractivity contribution in [3.8, 4) is 0 Å². The molecule has 0 bridgehead atoms. The van der Waals surface area contributed by atoms with E-state index in [1.165, 1.54) is 19.3 Å². The van der Waals surface area contributed by atoms with E-state index in [9.17, 15) is 4.79 Å². The summed E-state index contributed by atoms with van der Waals surface area (Å²) >= 11 is 0. The van der Waals surface area contributed by atoms with Gasteiger partial charge in [0, 0.05) is 12.6 Å². The summed E-state index contributed by atoms with van der Waals surface area (Å²) in [5.41, 5.74) is 0. The average Bonchev–Trinajstić information content (AvgIpc) is 2.15. The SMILES string of the molecule is CCCN(C(=O)O)C1CCCCC1. The van der Waals surface area contributed by atoms with E-state index in [-0.39, 0.29) is 0 Å². The number of amides is 1. The molecule has 13 heavy (non-hydrogen) atoms. The van der Waals surface area contributed by atoms with E-state index in [2.05, 4.69) is 0 Å². The van der Waals surface area contributed by atoms with Crippen LogP contribution in [-0.4, -0.2) is 28.7 Å². The van der Waals surface area contributed by atoms with Crippen LogP contribution in [0.3, 0.4) is 0 Å². The lowest BCUT2D eigenvalue weighted by atomic mass is 9.94. The van der Waals surface area contributed by atoms with E-state index in [1.54, 1.807) is 4.90 Å². The van der Waals surface area contributed by atoms with Crippen molar-refractivity contribution >= 4 is 6.09 Å². The molecule has 3 nitrogen and oxygen atoms in total. The quantitative estimate of drug-likeness (QED) is 0.734. The number of hydrogen-bond acceptors (Lipinski definition) is 1. The van der Waals surface area contributed by atoms with Gasteiger partial charge in [-0.05, 0) is 19.3 Å². The van der Waals surface area contributed by atoms with Crippen molar-refractivity contribution in [2.75, 3.05) is 6.54 Å². The van der Waals surface area contributed by atoms with Crippen molar-refractivity contribution < 1.29 is 9.90 Å². The Morgan fingerprint density at radius 2 is 2.00 bits per heavy atom. The molecule has 0 spiro atoms. The normalized spacial score (nSPS) is 18.5. The van der Waals surface area contributed by atoms with Gasteiger partial charge in [-0.2, -0.15) is 0 Å². The summed E-state index contributed by atoms with van der Waals surface area (Å²) in [4.78, 5) is 12.5. The first-order chi connectivity index (χ1) is 6.25. The molecule has 1 aliphatic carbocycles. The van der Waals surface area contributed by atoms with E-state index in [0.29, 0.717) is 12.6 Å². The van der Waals surface area contributed by atoms with Crippen LogP contribution in [-0.2, 0) is 0 Å². The summed E-state index contributed by atoms with van der Waals surface area (Å²) in [6.07, 6.45) is 5.96. The summed E-state index contributed by atoms with van der Waals surface area (Å²) < 4.78 is 0. The third-order valence-electron chi connectivity index (χ3n) is 2.73. The van der Waals surface area contributed by atoms with E-state index < -0.39 is 6.09 Å². The monoisotopic (exact) mass is 185 g/mol. The summed E-state index contributed by atoms with van der Waals surface area (Å²) in [5, 5.41) is 8.98. The third-order valence-corrected chi connectivity index (χ3v) is 2.73. The minimum absolute atomic E-state index is 0.297. The van der Waals surface area contributed by atoms with Gasteiger partial charge in [-0.1, -0.05) is 26.2 Å². The summed E-state index contributed by atoms with van der Waals surface area (Å²) in [7, 11) is 0. The smallest absolute Gasteiger partial charge is 0.407 e. The van der Waals surface area contributed by atoms with E-state index >= 15 is 0 Å². The maximum atomic E-state index is 10.9. The molecule has 0 aromatic rings. The maximum Gasteiger partial charge on any atom is 0.407 e. The minimum Gasteiger partial charge on any atom is -0.465 e. The van der Waals surface area contributed by atoms with Crippen molar-refractivity contribution in [3.63, 3.8) is 0 Å². The Labute approximate surface area is 79.7 Å². The fourth-order valence-corrected chi connectivity index (χ4v) is 2.07. The van der Waals surface area contributed by atoms with Crippen molar-refractivity contribution in [2.45, 2.75) is 51.5 Å². The fraction of sp³-hybridized carbons (Fsp3) is 0.900. The average molecular weight is 185 g/mol. The molecule has 0 aromatic carbocycles. The summed E-state index contributed by atoms with van der Waals surface area (Å²) in [6.45, 7) is 2.72. The highest BCUT2D eigenvalue weighted by Gasteiger charge is 2.23. The zero-order valence-electron chi connectivity index (χ0n) is 8.33. The molecule has 1 N–H and O–H groups in total. The molecular weight excluding hydrogens is 166 g/mol. The van der Waals surface area contributed by atoms with E-state index in [0.717, 1.165) is 19.3 Å². The summed E-state index contributed by atoms with van der Waals surface area (Å²) in [6, 6.07) is 0.297. The molecule has 1 amide bonds. The van der Waals surface area contributed by atoms with Crippen LogP contribution in [0.1, 0.15) is 45.4 Å². The first-order valence-corrected chi connectivity index (χ1v) is 5.25. The van der Waals surface area contributed by atoms with Crippen LogP contribution in [0.25, 0.3) is 0 Å². The van der Waals surface area contributed by atoms with Crippen molar-refractivity contribution in [2.24, 2.45) is 0 Å². The highest BCUT2D eigenvalue weighted by atomic mass is 16.4. The van der Waals surface area contributed by atoms with Gasteiger partial charge in [0.25, 0.3) is 0 Å². The predicted molar refractivity (Wildman–Crippen MR) is 51.9 cm³/mol. The lowest BCUT2D eigenvalue weighted by Crippen LogP contribution is -2.40. The Balaban J connectivity index is 2.46. The maximum absolute atomic E-state index is 10.9. The molecule has 0 aliphatic heterocycles. The summed E-state index contributed by atoms with van der Waals surface area (Å²) in [5.74, 6) is 0. The van der Waals surface area contributed by atoms with Crippen LogP contribution in [0.15, 0.2) is 0 Å². The Hall–Kier alpha value is -0.730. The van der Waals surface area contributed by atoms with Crippen LogP contribution in [0, 0.1) is 0 Å². The molecule has 3 heteroatoms. The van der Waals surface area contributed by atoms with Crippen LogP contribution in [0.2, 0.25) is 0 Å². The van der Waals surface area contributed by atoms with Crippen LogP contribution >= 0.6 is 0 Å². The van der Waals surface area contributed by atoms with Gasteiger partial charge in [0.2, 0.25) is 0 Å². The molecule has 0 unspecified atom stereocenters. The molecule has 0 aromatic heterocycles. The van der Waals surface area contributed by atoms with Gasteiger partial charge in [-0.25, -0.2) is 4.79 Å². The van der Waals surface area contributed by atoms with Crippen molar-refractivity contribution in [1.29, 1.82) is 0 Å². The molecular formula is C10H19NO2. The molecule has 0 radical (unpaired) electrons. The first kappa shape index (κ1) is 10.4. The highest BCUT2D eigenvalue weighted by molar-refractivity contribution is 5.65. The van der Waals surface area contributed by atoms with Gasteiger partial charge in [0.05, 0.1) is 0 Å². The van der Waals surface area contributed by atoms with Gasteiger partial charge in [0.1, 0.15) is 0 Å². The molecule has 0 saturated heterocycles. The Morgan fingerprint density at radius 1 is 1.38 bits per heavy atom. The first-order valence-electron chi connectivity index (χ1n) is 5.25. The van der Waals surface area contributed by atoms with Crippen molar-refractivity contribution in [3.05, 3.63) is 0 Å². The minimum atomic E-state index is -0.742. The number of nitrogens with zero attached hydrogens (tertiary/aromatic N) is 1. The standard InChI is InChI=1S/C10H19NO2/c1-2-8-11(10(12)13)9-6-4-3-5-7-9/h9H,2-8H2,1H3,(H,12,13). The molecule has 76 valence electrons. The van der Waals surface area contributed by atoms with Crippen LogP contribution < -0.4 is 0 Å². The zero-order chi connectivity index (χ0) is 9.68.